The topological polar surface area (TPSA) is 24.5 Å². The molecule has 0 radical (unpaired) electrons. The minimum Gasteiger partial charge on any atom is -0.374 e. The summed E-state index contributed by atoms with van der Waals surface area (Å²) in [6, 6.07) is 0.470. The molecule has 100 valence electrons. The maximum atomic E-state index is 5.93. The zero-order chi connectivity index (χ0) is 12.5. The standard InChI is InChI=1S/C14H28N2O/c1-4-7-8-13(15-6-3)14-12-16(9-5-2)10-11-17-14/h4,13-15H,1,5-12H2,2-3H3. The molecular formula is C14H28N2O. The minimum atomic E-state index is 0.343. The fourth-order valence-electron chi connectivity index (χ4n) is 2.47. The highest BCUT2D eigenvalue weighted by Gasteiger charge is 2.26. The number of likely N-dealkylation sites (N-methyl/N-ethyl adjacent to an activating group) is 1. The van der Waals surface area contributed by atoms with E-state index in [0.717, 1.165) is 39.1 Å². The zero-order valence-corrected chi connectivity index (χ0v) is 11.5. The van der Waals surface area contributed by atoms with Crippen LogP contribution in [0.4, 0.5) is 0 Å². The maximum absolute atomic E-state index is 5.93. The van der Waals surface area contributed by atoms with Crippen molar-refractivity contribution in [2.24, 2.45) is 0 Å². The lowest BCUT2D eigenvalue weighted by Crippen LogP contribution is -2.52. The van der Waals surface area contributed by atoms with Crippen LogP contribution in [0.5, 0.6) is 0 Å². The highest BCUT2D eigenvalue weighted by atomic mass is 16.5. The van der Waals surface area contributed by atoms with Crippen LogP contribution in [-0.4, -0.2) is 49.8 Å². The number of hydrogen-bond donors (Lipinski definition) is 1. The summed E-state index contributed by atoms with van der Waals surface area (Å²) < 4.78 is 5.93. The zero-order valence-electron chi connectivity index (χ0n) is 11.5. The summed E-state index contributed by atoms with van der Waals surface area (Å²) in [5.74, 6) is 0. The molecule has 0 aliphatic carbocycles. The molecule has 2 atom stereocenters. The van der Waals surface area contributed by atoms with E-state index in [1.165, 1.54) is 13.0 Å². The Labute approximate surface area is 106 Å². The van der Waals surface area contributed by atoms with Crippen LogP contribution in [0.1, 0.15) is 33.1 Å². The van der Waals surface area contributed by atoms with Gasteiger partial charge in [0, 0.05) is 19.1 Å². The highest BCUT2D eigenvalue weighted by Crippen LogP contribution is 2.13. The third kappa shape index (κ3) is 5.19. The average Bonchev–Trinajstić information content (AvgIpc) is 2.35. The molecule has 0 aromatic rings. The molecule has 1 heterocycles. The molecule has 1 N–H and O–H groups in total. The lowest BCUT2D eigenvalue weighted by molar-refractivity contribution is -0.0471. The van der Waals surface area contributed by atoms with E-state index in [4.69, 9.17) is 4.74 Å². The number of morpholine rings is 1. The Morgan fingerprint density at radius 3 is 3.00 bits per heavy atom. The van der Waals surface area contributed by atoms with Gasteiger partial charge in [0.05, 0.1) is 12.7 Å². The number of allylic oxidation sites excluding steroid dienone is 1. The summed E-state index contributed by atoms with van der Waals surface area (Å²) >= 11 is 0. The van der Waals surface area contributed by atoms with Crippen LogP contribution >= 0.6 is 0 Å². The molecule has 1 aliphatic rings. The van der Waals surface area contributed by atoms with E-state index in [-0.39, 0.29) is 0 Å². The summed E-state index contributed by atoms with van der Waals surface area (Å²) in [4.78, 5) is 2.52. The first kappa shape index (κ1) is 14.7. The highest BCUT2D eigenvalue weighted by molar-refractivity contribution is 4.84. The second kappa shape index (κ2) is 8.67. The van der Waals surface area contributed by atoms with Gasteiger partial charge in [-0.05, 0) is 32.4 Å². The predicted molar refractivity (Wildman–Crippen MR) is 73.4 cm³/mol. The Balaban J connectivity index is 2.44. The summed E-state index contributed by atoms with van der Waals surface area (Å²) in [5.41, 5.74) is 0. The first-order valence-corrected chi connectivity index (χ1v) is 7.00. The number of ether oxygens (including phenoxy) is 1. The molecule has 0 amide bonds. The van der Waals surface area contributed by atoms with Gasteiger partial charge in [0.25, 0.3) is 0 Å². The van der Waals surface area contributed by atoms with Gasteiger partial charge < -0.3 is 10.1 Å². The molecule has 0 bridgehead atoms. The SMILES string of the molecule is C=CCCC(NCC)C1CN(CCC)CCO1. The lowest BCUT2D eigenvalue weighted by Gasteiger charge is -2.37. The van der Waals surface area contributed by atoms with Gasteiger partial charge in [0.2, 0.25) is 0 Å². The molecular weight excluding hydrogens is 212 g/mol. The second-order valence-electron chi connectivity index (χ2n) is 4.74. The van der Waals surface area contributed by atoms with Gasteiger partial charge in [-0.2, -0.15) is 0 Å². The molecule has 0 aromatic carbocycles. The molecule has 0 spiro atoms. The number of nitrogens with zero attached hydrogens (tertiary/aromatic N) is 1. The summed E-state index contributed by atoms with van der Waals surface area (Å²) in [7, 11) is 0. The Morgan fingerprint density at radius 1 is 1.53 bits per heavy atom. The smallest absolute Gasteiger partial charge is 0.0855 e. The Kier molecular flexibility index (Phi) is 7.49. The fraction of sp³-hybridized carbons (Fsp3) is 0.857. The third-order valence-corrected chi connectivity index (χ3v) is 3.31. The Morgan fingerprint density at radius 2 is 2.35 bits per heavy atom. The fourth-order valence-corrected chi connectivity index (χ4v) is 2.47. The van der Waals surface area contributed by atoms with E-state index in [2.05, 4.69) is 30.6 Å². The molecule has 1 fully saturated rings. The third-order valence-electron chi connectivity index (χ3n) is 3.31. The van der Waals surface area contributed by atoms with Crippen molar-refractivity contribution in [2.75, 3.05) is 32.8 Å². The van der Waals surface area contributed by atoms with Gasteiger partial charge >= 0.3 is 0 Å². The average molecular weight is 240 g/mol. The quantitative estimate of drug-likeness (QED) is 0.657. The van der Waals surface area contributed by atoms with E-state index in [0.29, 0.717) is 12.1 Å². The van der Waals surface area contributed by atoms with Gasteiger partial charge in [0.1, 0.15) is 0 Å². The molecule has 1 saturated heterocycles. The first-order valence-electron chi connectivity index (χ1n) is 7.00. The minimum absolute atomic E-state index is 0.343. The molecule has 17 heavy (non-hydrogen) atoms. The first-order chi connectivity index (χ1) is 8.31. The number of rotatable bonds is 8. The van der Waals surface area contributed by atoms with Crippen LogP contribution in [0.25, 0.3) is 0 Å². The van der Waals surface area contributed by atoms with Crippen LogP contribution in [0.3, 0.4) is 0 Å². The maximum Gasteiger partial charge on any atom is 0.0855 e. The molecule has 3 nitrogen and oxygen atoms in total. The van der Waals surface area contributed by atoms with Crippen molar-refractivity contribution >= 4 is 0 Å². The van der Waals surface area contributed by atoms with Crippen molar-refractivity contribution in [1.82, 2.24) is 10.2 Å². The van der Waals surface area contributed by atoms with E-state index in [1.807, 2.05) is 6.08 Å². The lowest BCUT2D eigenvalue weighted by atomic mass is 10.0. The van der Waals surface area contributed by atoms with Crippen molar-refractivity contribution in [2.45, 2.75) is 45.3 Å². The van der Waals surface area contributed by atoms with Crippen molar-refractivity contribution < 1.29 is 4.74 Å². The molecule has 0 aromatic heterocycles. The van der Waals surface area contributed by atoms with Gasteiger partial charge in [-0.25, -0.2) is 0 Å². The summed E-state index contributed by atoms with van der Waals surface area (Å²) in [6.07, 6.45) is 5.75. The molecule has 3 heteroatoms. The molecule has 1 rings (SSSR count). The van der Waals surface area contributed by atoms with Crippen LogP contribution < -0.4 is 5.32 Å². The van der Waals surface area contributed by atoms with E-state index in [9.17, 15) is 0 Å². The van der Waals surface area contributed by atoms with Crippen molar-refractivity contribution in [1.29, 1.82) is 0 Å². The van der Waals surface area contributed by atoms with Crippen molar-refractivity contribution in [3.63, 3.8) is 0 Å². The summed E-state index contributed by atoms with van der Waals surface area (Å²) in [6.45, 7) is 13.4. The molecule has 2 unspecified atom stereocenters. The van der Waals surface area contributed by atoms with Gasteiger partial charge in [-0.3, -0.25) is 4.90 Å². The van der Waals surface area contributed by atoms with E-state index < -0.39 is 0 Å². The molecule has 0 saturated carbocycles. The number of hydrogen-bond acceptors (Lipinski definition) is 3. The number of nitrogens with one attached hydrogen (secondary N) is 1. The Hall–Kier alpha value is -0.380. The van der Waals surface area contributed by atoms with Crippen LogP contribution in [0.15, 0.2) is 12.7 Å². The second-order valence-corrected chi connectivity index (χ2v) is 4.74. The summed E-state index contributed by atoms with van der Waals surface area (Å²) in [5, 5.41) is 3.55. The van der Waals surface area contributed by atoms with Crippen LogP contribution in [-0.2, 0) is 4.74 Å². The Bertz CT molecular complexity index is 206. The van der Waals surface area contributed by atoms with Crippen molar-refractivity contribution in [3.05, 3.63) is 12.7 Å². The van der Waals surface area contributed by atoms with Crippen LogP contribution in [0, 0.1) is 0 Å². The molecule has 1 aliphatic heterocycles. The largest absolute Gasteiger partial charge is 0.374 e. The normalized spacial score (nSPS) is 23.5. The van der Waals surface area contributed by atoms with Gasteiger partial charge in [-0.15, -0.1) is 6.58 Å². The van der Waals surface area contributed by atoms with Gasteiger partial charge in [-0.1, -0.05) is 19.9 Å². The van der Waals surface area contributed by atoms with Gasteiger partial charge in [0.15, 0.2) is 0 Å². The van der Waals surface area contributed by atoms with Crippen LogP contribution in [0.2, 0.25) is 0 Å². The monoisotopic (exact) mass is 240 g/mol. The predicted octanol–water partition coefficient (Wildman–Crippen LogP) is 2.04. The van der Waals surface area contributed by atoms with Crippen molar-refractivity contribution in [3.8, 4) is 0 Å². The van der Waals surface area contributed by atoms with E-state index in [1.54, 1.807) is 0 Å². The van der Waals surface area contributed by atoms with E-state index >= 15 is 0 Å².